The highest BCUT2D eigenvalue weighted by atomic mass is 35.5. The molecule has 1 saturated heterocycles. The lowest BCUT2D eigenvalue weighted by atomic mass is 10.0. The van der Waals surface area contributed by atoms with Gasteiger partial charge in [-0.1, -0.05) is 23.7 Å². The molecule has 1 heterocycles. The van der Waals surface area contributed by atoms with Gasteiger partial charge < -0.3 is 5.32 Å². The summed E-state index contributed by atoms with van der Waals surface area (Å²) in [4.78, 5) is 0. The van der Waals surface area contributed by atoms with Gasteiger partial charge in [-0.25, -0.2) is 0 Å². The van der Waals surface area contributed by atoms with Crippen LogP contribution in [0.3, 0.4) is 0 Å². The Bertz CT molecular complexity index is 278. The zero-order chi connectivity index (χ0) is 9.80. The molecule has 0 saturated carbocycles. The third-order valence-electron chi connectivity index (χ3n) is 2.86. The van der Waals surface area contributed by atoms with Crippen LogP contribution in [0.5, 0.6) is 0 Å². The third kappa shape index (κ3) is 4.02. The summed E-state index contributed by atoms with van der Waals surface area (Å²) in [6.45, 7) is 1.20. The predicted molar refractivity (Wildman–Crippen MR) is 68.0 cm³/mol. The summed E-state index contributed by atoms with van der Waals surface area (Å²) >= 11 is 5.83. The average Bonchev–Trinajstić information content (AvgIpc) is 2.70. The van der Waals surface area contributed by atoms with Gasteiger partial charge in [-0.3, -0.25) is 0 Å². The summed E-state index contributed by atoms with van der Waals surface area (Å²) in [6, 6.07) is 8.93. The van der Waals surface area contributed by atoms with Gasteiger partial charge in [0.1, 0.15) is 0 Å². The standard InChI is InChI=1S/C12H16ClN.ClH/c13-11-6-3-10(4-7-11)5-8-12-2-1-9-14-12;/h3-4,6-7,12,14H,1-2,5,8-9H2;1H. The number of aryl methyl sites for hydroxylation is 1. The number of hydrogen-bond donors (Lipinski definition) is 1. The molecule has 2 rings (SSSR count). The van der Waals surface area contributed by atoms with E-state index >= 15 is 0 Å². The second kappa shape index (κ2) is 6.37. The highest BCUT2D eigenvalue weighted by Crippen LogP contribution is 2.14. The van der Waals surface area contributed by atoms with Crippen LogP contribution in [0.2, 0.25) is 5.02 Å². The first-order chi connectivity index (χ1) is 6.84. The molecule has 0 spiro atoms. The molecule has 15 heavy (non-hydrogen) atoms. The van der Waals surface area contributed by atoms with E-state index in [9.17, 15) is 0 Å². The molecule has 0 radical (unpaired) electrons. The molecule has 1 unspecified atom stereocenters. The summed E-state index contributed by atoms with van der Waals surface area (Å²) in [5, 5.41) is 4.34. The summed E-state index contributed by atoms with van der Waals surface area (Å²) in [5.74, 6) is 0. The van der Waals surface area contributed by atoms with Crippen molar-refractivity contribution in [3.63, 3.8) is 0 Å². The maximum atomic E-state index is 5.83. The van der Waals surface area contributed by atoms with Gasteiger partial charge in [0.05, 0.1) is 0 Å². The minimum Gasteiger partial charge on any atom is -0.314 e. The van der Waals surface area contributed by atoms with E-state index in [-0.39, 0.29) is 12.4 Å². The van der Waals surface area contributed by atoms with Gasteiger partial charge in [-0.05, 0) is 49.9 Å². The predicted octanol–water partition coefficient (Wildman–Crippen LogP) is 3.45. The molecular weight excluding hydrogens is 229 g/mol. The van der Waals surface area contributed by atoms with Gasteiger partial charge in [-0.2, -0.15) is 0 Å². The SMILES string of the molecule is Cl.Clc1ccc(CCC2CCCN2)cc1. The van der Waals surface area contributed by atoms with E-state index in [2.05, 4.69) is 17.4 Å². The van der Waals surface area contributed by atoms with Crippen LogP contribution in [0.1, 0.15) is 24.8 Å². The number of hydrogen-bond acceptors (Lipinski definition) is 1. The third-order valence-corrected chi connectivity index (χ3v) is 3.11. The monoisotopic (exact) mass is 245 g/mol. The van der Waals surface area contributed by atoms with E-state index in [0.717, 1.165) is 17.5 Å². The molecule has 0 amide bonds. The summed E-state index contributed by atoms with van der Waals surface area (Å²) in [6.07, 6.45) is 5.09. The van der Waals surface area contributed by atoms with E-state index in [1.54, 1.807) is 0 Å². The van der Waals surface area contributed by atoms with Crippen molar-refractivity contribution in [2.45, 2.75) is 31.7 Å². The fourth-order valence-corrected chi connectivity index (χ4v) is 2.12. The molecule has 0 aliphatic carbocycles. The van der Waals surface area contributed by atoms with Crippen LogP contribution in [0.4, 0.5) is 0 Å². The lowest BCUT2D eigenvalue weighted by molar-refractivity contribution is 0.559. The maximum Gasteiger partial charge on any atom is 0.0406 e. The van der Waals surface area contributed by atoms with Gasteiger partial charge in [0.25, 0.3) is 0 Å². The average molecular weight is 246 g/mol. The normalized spacial score (nSPS) is 19.9. The summed E-state index contributed by atoms with van der Waals surface area (Å²) in [7, 11) is 0. The van der Waals surface area contributed by atoms with Gasteiger partial charge >= 0.3 is 0 Å². The minimum absolute atomic E-state index is 0. The Morgan fingerprint density at radius 2 is 2.00 bits per heavy atom. The fraction of sp³-hybridized carbons (Fsp3) is 0.500. The van der Waals surface area contributed by atoms with Crippen molar-refractivity contribution in [3.05, 3.63) is 34.9 Å². The molecule has 1 aromatic carbocycles. The van der Waals surface area contributed by atoms with Crippen molar-refractivity contribution in [1.82, 2.24) is 5.32 Å². The van der Waals surface area contributed by atoms with Crippen molar-refractivity contribution >= 4 is 24.0 Å². The van der Waals surface area contributed by atoms with Crippen molar-refractivity contribution < 1.29 is 0 Å². The quantitative estimate of drug-likeness (QED) is 0.861. The molecule has 3 heteroatoms. The molecule has 1 aromatic rings. The van der Waals surface area contributed by atoms with E-state index in [1.807, 2.05) is 12.1 Å². The zero-order valence-electron chi connectivity index (χ0n) is 8.71. The molecule has 0 bridgehead atoms. The number of benzene rings is 1. The number of halogens is 2. The highest BCUT2D eigenvalue weighted by molar-refractivity contribution is 6.30. The zero-order valence-corrected chi connectivity index (χ0v) is 10.3. The van der Waals surface area contributed by atoms with Crippen LogP contribution in [0.15, 0.2) is 24.3 Å². The van der Waals surface area contributed by atoms with E-state index in [4.69, 9.17) is 11.6 Å². The number of nitrogens with one attached hydrogen (secondary N) is 1. The van der Waals surface area contributed by atoms with Gasteiger partial charge in [0.2, 0.25) is 0 Å². The molecule has 1 fully saturated rings. The Morgan fingerprint density at radius 3 is 2.60 bits per heavy atom. The molecule has 0 aromatic heterocycles. The fourth-order valence-electron chi connectivity index (χ4n) is 2.00. The molecule has 1 aliphatic heterocycles. The van der Waals surface area contributed by atoms with Gasteiger partial charge in [0, 0.05) is 11.1 Å². The van der Waals surface area contributed by atoms with Crippen LogP contribution in [0.25, 0.3) is 0 Å². The lowest BCUT2D eigenvalue weighted by Gasteiger charge is -2.09. The molecule has 1 aliphatic rings. The smallest absolute Gasteiger partial charge is 0.0406 e. The highest BCUT2D eigenvalue weighted by Gasteiger charge is 2.13. The van der Waals surface area contributed by atoms with Crippen molar-refractivity contribution in [2.75, 3.05) is 6.54 Å². The largest absolute Gasteiger partial charge is 0.314 e. The van der Waals surface area contributed by atoms with Gasteiger partial charge in [0.15, 0.2) is 0 Å². The molecule has 1 atom stereocenters. The first-order valence-corrected chi connectivity index (χ1v) is 5.70. The Labute approximate surface area is 103 Å². The van der Waals surface area contributed by atoms with E-state index < -0.39 is 0 Å². The van der Waals surface area contributed by atoms with Crippen molar-refractivity contribution in [1.29, 1.82) is 0 Å². The molecule has 1 N–H and O–H groups in total. The van der Waals surface area contributed by atoms with Crippen LogP contribution >= 0.6 is 24.0 Å². The Hall–Kier alpha value is -0.240. The van der Waals surface area contributed by atoms with Crippen LogP contribution in [0, 0.1) is 0 Å². The first kappa shape index (κ1) is 12.8. The Morgan fingerprint density at radius 1 is 1.27 bits per heavy atom. The summed E-state index contributed by atoms with van der Waals surface area (Å²) in [5.41, 5.74) is 1.39. The van der Waals surface area contributed by atoms with Crippen LogP contribution in [-0.4, -0.2) is 12.6 Å². The topological polar surface area (TPSA) is 12.0 Å². The van der Waals surface area contributed by atoms with Crippen LogP contribution in [-0.2, 0) is 6.42 Å². The first-order valence-electron chi connectivity index (χ1n) is 5.32. The maximum absolute atomic E-state index is 5.83. The second-order valence-corrected chi connectivity index (χ2v) is 4.39. The second-order valence-electron chi connectivity index (χ2n) is 3.96. The minimum atomic E-state index is 0. The van der Waals surface area contributed by atoms with Crippen molar-refractivity contribution in [2.24, 2.45) is 0 Å². The van der Waals surface area contributed by atoms with E-state index in [1.165, 1.54) is 31.4 Å². The van der Waals surface area contributed by atoms with E-state index in [0.29, 0.717) is 0 Å². The lowest BCUT2D eigenvalue weighted by Crippen LogP contribution is -2.21. The Balaban J connectivity index is 0.00000112. The van der Waals surface area contributed by atoms with Crippen molar-refractivity contribution in [3.8, 4) is 0 Å². The Kier molecular flexibility index (Phi) is 5.44. The molecular formula is C12H17Cl2N. The molecule has 1 nitrogen and oxygen atoms in total. The van der Waals surface area contributed by atoms with Gasteiger partial charge in [-0.15, -0.1) is 12.4 Å². The summed E-state index contributed by atoms with van der Waals surface area (Å²) < 4.78 is 0. The number of rotatable bonds is 3. The molecule has 84 valence electrons. The van der Waals surface area contributed by atoms with Crippen LogP contribution < -0.4 is 5.32 Å².